The molecular formula is C23H32O3. The number of aryl methyl sites for hydroxylation is 1. The first-order valence-electron chi connectivity index (χ1n) is 10.0. The van der Waals surface area contributed by atoms with Crippen LogP contribution in [0.15, 0.2) is 23.3 Å². The number of hydrogen-bond acceptors (Lipinski definition) is 3. The summed E-state index contributed by atoms with van der Waals surface area (Å²) in [5.74, 6) is 1.66. The Morgan fingerprint density at radius 2 is 2.04 bits per heavy atom. The monoisotopic (exact) mass is 356 g/mol. The fourth-order valence-electron chi connectivity index (χ4n) is 4.51. The highest BCUT2D eigenvalue weighted by atomic mass is 16.5. The van der Waals surface area contributed by atoms with E-state index < -0.39 is 0 Å². The second-order valence-electron chi connectivity index (χ2n) is 8.39. The van der Waals surface area contributed by atoms with Crippen molar-refractivity contribution >= 4 is 5.97 Å². The summed E-state index contributed by atoms with van der Waals surface area (Å²) in [5.41, 5.74) is 5.03. The molecule has 2 atom stereocenters. The zero-order valence-electron chi connectivity index (χ0n) is 16.9. The molecule has 0 N–H and O–H groups in total. The average Bonchev–Trinajstić information content (AvgIpc) is 2.53. The summed E-state index contributed by atoms with van der Waals surface area (Å²) in [6, 6.07) is 4.26. The molecule has 1 aromatic rings. The molecule has 1 aliphatic heterocycles. The van der Waals surface area contributed by atoms with Crippen molar-refractivity contribution in [2.45, 2.75) is 91.1 Å². The van der Waals surface area contributed by atoms with Crippen LogP contribution in [0.3, 0.4) is 0 Å². The Labute approximate surface area is 157 Å². The normalized spacial score (nSPS) is 23.9. The van der Waals surface area contributed by atoms with Gasteiger partial charge in [0.1, 0.15) is 17.1 Å². The van der Waals surface area contributed by atoms with Gasteiger partial charge in [-0.1, -0.05) is 30.9 Å². The van der Waals surface area contributed by atoms with Gasteiger partial charge in [0, 0.05) is 18.4 Å². The Bertz CT molecular complexity index is 727. The number of fused-ring (bicyclic) bond motifs is 4. The quantitative estimate of drug-likeness (QED) is 0.277. The lowest BCUT2D eigenvalue weighted by Gasteiger charge is -2.46. The van der Waals surface area contributed by atoms with Crippen LogP contribution in [0.1, 0.15) is 90.2 Å². The minimum Gasteiger partial charge on any atom is -0.487 e. The molecule has 3 nitrogen and oxygen atoms in total. The van der Waals surface area contributed by atoms with Gasteiger partial charge < -0.3 is 9.47 Å². The lowest BCUT2D eigenvalue weighted by Crippen LogP contribution is -2.42. The Kier molecular flexibility index (Phi) is 5.45. The predicted octanol–water partition coefficient (Wildman–Crippen LogP) is 6.10. The molecular weight excluding hydrogens is 324 g/mol. The number of allylic oxidation sites excluding steroid dienone is 2. The first-order chi connectivity index (χ1) is 12.3. The maximum Gasteiger partial charge on any atom is 0.308 e. The third kappa shape index (κ3) is 3.82. The third-order valence-corrected chi connectivity index (χ3v) is 5.81. The molecule has 0 spiro atoms. The number of rotatable bonds is 5. The molecule has 0 amide bonds. The van der Waals surface area contributed by atoms with E-state index in [2.05, 4.69) is 39.8 Å². The van der Waals surface area contributed by atoms with Crippen molar-refractivity contribution in [2.75, 3.05) is 0 Å². The van der Waals surface area contributed by atoms with Gasteiger partial charge in [-0.15, -0.1) is 0 Å². The molecule has 2 aliphatic rings. The first kappa shape index (κ1) is 19.0. The molecule has 26 heavy (non-hydrogen) atoms. The van der Waals surface area contributed by atoms with E-state index >= 15 is 0 Å². The Balaban J connectivity index is 2.08. The van der Waals surface area contributed by atoms with Crippen LogP contribution in [-0.2, 0) is 11.2 Å². The molecule has 1 aromatic carbocycles. The maximum absolute atomic E-state index is 11.7. The molecule has 3 heteroatoms. The van der Waals surface area contributed by atoms with Crippen LogP contribution in [0.4, 0.5) is 0 Å². The predicted molar refractivity (Wildman–Crippen MR) is 105 cm³/mol. The van der Waals surface area contributed by atoms with E-state index in [9.17, 15) is 4.79 Å². The second kappa shape index (κ2) is 7.46. The van der Waals surface area contributed by atoms with Crippen molar-refractivity contribution in [1.29, 1.82) is 0 Å². The van der Waals surface area contributed by atoms with E-state index in [1.165, 1.54) is 36.5 Å². The SMILES string of the molecule is CCCCCc1cc(OC(C)=O)c2c(c1)O[C@]1(C)CCC(=C(C)C)[C@@H]2C1. The summed E-state index contributed by atoms with van der Waals surface area (Å²) in [5, 5.41) is 0. The maximum atomic E-state index is 11.7. The molecule has 1 fully saturated rings. The largest absolute Gasteiger partial charge is 0.487 e. The number of carbonyl (C=O) groups excluding carboxylic acids is 1. The highest BCUT2D eigenvalue weighted by Gasteiger charge is 2.44. The van der Waals surface area contributed by atoms with Crippen molar-refractivity contribution in [3.63, 3.8) is 0 Å². The van der Waals surface area contributed by atoms with Crippen LogP contribution in [0.5, 0.6) is 11.5 Å². The number of unbranched alkanes of at least 4 members (excludes halogenated alkanes) is 2. The standard InChI is InChI=1S/C23H32O3/c1-6-7-8-9-17-12-20(25-16(4)24)22-19-14-23(5,26-21(22)13-17)11-10-18(19)15(2)3/h12-13,19H,6-11,14H2,1-5H3/t19-,23+/m0/s1. The van der Waals surface area contributed by atoms with E-state index in [-0.39, 0.29) is 11.6 Å². The van der Waals surface area contributed by atoms with Gasteiger partial charge in [0.15, 0.2) is 0 Å². The van der Waals surface area contributed by atoms with Gasteiger partial charge in [0.25, 0.3) is 0 Å². The fourth-order valence-corrected chi connectivity index (χ4v) is 4.51. The van der Waals surface area contributed by atoms with Gasteiger partial charge in [-0.2, -0.15) is 0 Å². The van der Waals surface area contributed by atoms with Gasteiger partial charge in [0.05, 0.1) is 0 Å². The second-order valence-corrected chi connectivity index (χ2v) is 8.39. The number of hydrogen-bond donors (Lipinski definition) is 0. The molecule has 142 valence electrons. The van der Waals surface area contributed by atoms with Crippen LogP contribution in [0, 0.1) is 0 Å². The number of benzene rings is 1. The van der Waals surface area contributed by atoms with Crippen molar-refractivity contribution in [1.82, 2.24) is 0 Å². The Morgan fingerprint density at radius 3 is 2.69 bits per heavy atom. The summed E-state index contributed by atoms with van der Waals surface area (Å²) in [6.07, 6.45) is 7.62. The molecule has 1 aliphatic carbocycles. The summed E-state index contributed by atoms with van der Waals surface area (Å²) >= 11 is 0. The van der Waals surface area contributed by atoms with Crippen LogP contribution in [0.2, 0.25) is 0 Å². The zero-order valence-corrected chi connectivity index (χ0v) is 16.9. The topological polar surface area (TPSA) is 35.5 Å². The summed E-state index contributed by atoms with van der Waals surface area (Å²) in [4.78, 5) is 11.7. The van der Waals surface area contributed by atoms with E-state index in [1.807, 2.05) is 0 Å². The van der Waals surface area contributed by atoms with Crippen molar-refractivity contribution in [3.8, 4) is 11.5 Å². The first-order valence-corrected chi connectivity index (χ1v) is 10.0. The molecule has 1 saturated carbocycles. The number of carbonyl (C=O) groups is 1. The van der Waals surface area contributed by atoms with Gasteiger partial charge in [0.2, 0.25) is 0 Å². The Morgan fingerprint density at radius 1 is 1.27 bits per heavy atom. The van der Waals surface area contributed by atoms with Crippen LogP contribution in [-0.4, -0.2) is 11.6 Å². The summed E-state index contributed by atoms with van der Waals surface area (Å²) in [6.45, 7) is 10.3. The lowest BCUT2D eigenvalue weighted by molar-refractivity contribution is -0.132. The molecule has 1 heterocycles. The average molecular weight is 357 g/mol. The molecule has 0 unspecified atom stereocenters. The number of esters is 1. The zero-order chi connectivity index (χ0) is 18.9. The Hall–Kier alpha value is -1.77. The fraction of sp³-hybridized carbons (Fsp3) is 0.609. The van der Waals surface area contributed by atoms with Crippen molar-refractivity contribution in [2.24, 2.45) is 0 Å². The van der Waals surface area contributed by atoms with E-state index in [0.717, 1.165) is 43.4 Å². The van der Waals surface area contributed by atoms with Gasteiger partial charge in [-0.3, -0.25) is 4.79 Å². The number of ether oxygens (including phenoxy) is 2. The van der Waals surface area contributed by atoms with Crippen LogP contribution in [0.25, 0.3) is 0 Å². The highest BCUT2D eigenvalue weighted by molar-refractivity contribution is 5.71. The van der Waals surface area contributed by atoms with E-state index in [1.54, 1.807) is 0 Å². The molecule has 2 bridgehead atoms. The smallest absolute Gasteiger partial charge is 0.308 e. The van der Waals surface area contributed by atoms with Gasteiger partial charge >= 0.3 is 5.97 Å². The molecule has 3 rings (SSSR count). The van der Waals surface area contributed by atoms with Gasteiger partial charge in [-0.25, -0.2) is 0 Å². The molecule has 0 radical (unpaired) electrons. The minimum absolute atomic E-state index is 0.119. The lowest BCUT2D eigenvalue weighted by atomic mass is 9.69. The third-order valence-electron chi connectivity index (χ3n) is 5.81. The molecule has 0 saturated heterocycles. The van der Waals surface area contributed by atoms with E-state index in [0.29, 0.717) is 11.7 Å². The molecule has 0 aromatic heterocycles. The minimum atomic E-state index is -0.263. The highest BCUT2D eigenvalue weighted by Crippen LogP contribution is 2.55. The van der Waals surface area contributed by atoms with Crippen molar-refractivity contribution < 1.29 is 14.3 Å². The summed E-state index contributed by atoms with van der Waals surface area (Å²) in [7, 11) is 0. The van der Waals surface area contributed by atoms with E-state index in [4.69, 9.17) is 9.47 Å². The van der Waals surface area contributed by atoms with Crippen LogP contribution < -0.4 is 9.47 Å². The van der Waals surface area contributed by atoms with Crippen LogP contribution >= 0.6 is 0 Å². The van der Waals surface area contributed by atoms with Gasteiger partial charge in [-0.05, 0) is 70.6 Å². The van der Waals surface area contributed by atoms with Crippen molar-refractivity contribution in [3.05, 3.63) is 34.4 Å². The summed E-state index contributed by atoms with van der Waals surface area (Å²) < 4.78 is 12.1.